The highest BCUT2D eigenvalue weighted by molar-refractivity contribution is 7.89. The van der Waals surface area contributed by atoms with Crippen LogP contribution in [-0.2, 0) is 14.8 Å². The van der Waals surface area contributed by atoms with Gasteiger partial charge in [-0.1, -0.05) is 29.3 Å². The van der Waals surface area contributed by atoms with Crippen LogP contribution in [0.3, 0.4) is 0 Å². The van der Waals surface area contributed by atoms with Gasteiger partial charge in [-0.05, 0) is 37.3 Å². The van der Waals surface area contributed by atoms with Gasteiger partial charge in [-0.2, -0.15) is 0 Å². The van der Waals surface area contributed by atoms with E-state index in [1.165, 1.54) is 25.0 Å². The molecule has 2 rings (SSSR count). The Morgan fingerprint density at radius 3 is 2.50 bits per heavy atom. The number of ether oxygens (including phenoxy) is 1. The van der Waals surface area contributed by atoms with Crippen molar-refractivity contribution in [3.63, 3.8) is 0 Å². The molecule has 4 nitrogen and oxygen atoms in total. The zero-order chi connectivity index (χ0) is 14.6. The van der Waals surface area contributed by atoms with Crippen LogP contribution in [0, 0.1) is 5.92 Å². The molecule has 1 aliphatic carbocycles. The van der Waals surface area contributed by atoms with Gasteiger partial charge in [0.2, 0.25) is 10.0 Å². The van der Waals surface area contributed by atoms with Crippen LogP contribution in [0.25, 0.3) is 0 Å². The SMILES string of the molecule is O=S(=O)(NCCCOCC1CC1)c1c(Cl)cccc1Cl. The molecule has 0 saturated heterocycles. The molecule has 1 saturated carbocycles. The van der Waals surface area contributed by atoms with Crippen LogP contribution in [0.4, 0.5) is 0 Å². The number of halogens is 2. The van der Waals surface area contributed by atoms with Gasteiger partial charge in [0.15, 0.2) is 0 Å². The lowest BCUT2D eigenvalue weighted by Crippen LogP contribution is -2.26. The van der Waals surface area contributed by atoms with Crippen molar-refractivity contribution >= 4 is 33.2 Å². The number of sulfonamides is 1. The largest absolute Gasteiger partial charge is 0.381 e. The van der Waals surface area contributed by atoms with E-state index in [4.69, 9.17) is 27.9 Å². The fraction of sp³-hybridized carbons (Fsp3) is 0.538. The van der Waals surface area contributed by atoms with E-state index < -0.39 is 10.0 Å². The van der Waals surface area contributed by atoms with Crippen molar-refractivity contribution in [3.8, 4) is 0 Å². The zero-order valence-electron chi connectivity index (χ0n) is 10.9. The van der Waals surface area contributed by atoms with Gasteiger partial charge in [0.05, 0.1) is 10.0 Å². The second kappa shape index (κ2) is 7.09. The molecule has 0 unspecified atom stereocenters. The molecule has 20 heavy (non-hydrogen) atoms. The molecular weight excluding hydrogens is 321 g/mol. The predicted octanol–water partition coefficient (Wildman–Crippen LogP) is 3.09. The Hall–Kier alpha value is -0.330. The molecule has 0 bridgehead atoms. The van der Waals surface area contributed by atoms with Gasteiger partial charge < -0.3 is 4.74 Å². The highest BCUT2D eigenvalue weighted by atomic mass is 35.5. The first-order valence-electron chi connectivity index (χ1n) is 6.52. The summed E-state index contributed by atoms with van der Waals surface area (Å²) in [4.78, 5) is -0.0674. The quantitative estimate of drug-likeness (QED) is 0.741. The van der Waals surface area contributed by atoms with E-state index in [-0.39, 0.29) is 14.9 Å². The van der Waals surface area contributed by atoms with Gasteiger partial charge in [-0.3, -0.25) is 0 Å². The van der Waals surface area contributed by atoms with E-state index in [0.29, 0.717) is 25.5 Å². The molecule has 1 N–H and O–H groups in total. The molecule has 112 valence electrons. The van der Waals surface area contributed by atoms with Crippen molar-refractivity contribution in [2.24, 2.45) is 5.92 Å². The van der Waals surface area contributed by atoms with Gasteiger partial charge in [0.25, 0.3) is 0 Å². The lowest BCUT2D eigenvalue weighted by atomic mass is 10.4. The molecule has 0 amide bonds. The third-order valence-electron chi connectivity index (χ3n) is 3.00. The smallest absolute Gasteiger partial charge is 0.243 e. The molecule has 0 aromatic heterocycles. The lowest BCUT2D eigenvalue weighted by Gasteiger charge is -2.10. The zero-order valence-corrected chi connectivity index (χ0v) is 13.3. The third kappa shape index (κ3) is 4.60. The summed E-state index contributed by atoms with van der Waals surface area (Å²) in [6, 6.07) is 4.61. The van der Waals surface area contributed by atoms with Crippen LogP contribution in [0.1, 0.15) is 19.3 Å². The van der Waals surface area contributed by atoms with Gasteiger partial charge in [0, 0.05) is 19.8 Å². The van der Waals surface area contributed by atoms with Crippen molar-refractivity contribution in [2.75, 3.05) is 19.8 Å². The Balaban J connectivity index is 1.81. The third-order valence-corrected chi connectivity index (χ3v) is 5.41. The molecular formula is C13H17Cl2NO3S. The van der Waals surface area contributed by atoms with Gasteiger partial charge >= 0.3 is 0 Å². The maximum atomic E-state index is 12.1. The Bertz CT molecular complexity index is 538. The van der Waals surface area contributed by atoms with Crippen LogP contribution in [0.15, 0.2) is 23.1 Å². The summed E-state index contributed by atoms with van der Waals surface area (Å²) in [6.45, 7) is 1.63. The molecule has 1 aliphatic rings. The molecule has 0 aliphatic heterocycles. The van der Waals surface area contributed by atoms with Crippen molar-refractivity contribution < 1.29 is 13.2 Å². The van der Waals surface area contributed by atoms with Crippen molar-refractivity contribution in [2.45, 2.75) is 24.2 Å². The van der Waals surface area contributed by atoms with Crippen LogP contribution in [-0.4, -0.2) is 28.2 Å². The van der Waals surface area contributed by atoms with Crippen LogP contribution in [0.2, 0.25) is 10.0 Å². The first-order chi connectivity index (χ1) is 9.50. The van der Waals surface area contributed by atoms with Crippen LogP contribution < -0.4 is 4.72 Å². The number of benzene rings is 1. The summed E-state index contributed by atoms with van der Waals surface area (Å²) < 4.78 is 32.1. The van der Waals surface area contributed by atoms with E-state index in [9.17, 15) is 8.42 Å². The fourth-order valence-electron chi connectivity index (χ4n) is 1.73. The van der Waals surface area contributed by atoms with Crippen molar-refractivity contribution in [3.05, 3.63) is 28.2 Å². The summed E-state index contributed by atoms with van der Waals surface area (Å²) in [6.07, 6.45) is 3.11. The first-order valence-corrected chi connectivity index (χ1v) is 8.76. The van der Waals surface area contributed by atoms with E-state index in [0.717, 1.165) is 6.61 Å². The van der Waals surface area contributed by atoms with E-state index >= 15 is 0 Å². The topological polar surface area (TPSA) is 55.4 Å². The Morgan fingerprint density at radius 1 is 1.25 bits per heavy atom. The minimum absolute atomic E-state index is 0.0674. The van der Waals surface area contributed by atoms with Gasteiger partial charge in [0.1, 0.15) is 4.90 Å². The number of rotatable bonds is 8. The second-order valence-corrected chi connectivity index (χ2v) is 7.34. The molecule has 0 spiro atoms. The Morgan fingerprint density at radius 2 is 1.90 bits per heavy atom. The first kappa shape index (κ1) is 16.0. The van der Waals surface area contributed by atoms with Crippen LogP contribution in [0.5, 0.6) is 0 Å². The molecule has 0 atom stereocenters. The molecule has 1 aromatic carbocycles. The number of hydrogen-bond acceptors (Lipinski definition) is 3. The van der Waals surface area contributed by atoms with Crippen molar-refractivity contribution in [1.29, 1.82) is 0 Å². The number of nitrogens with one attached hydrogen (secondary N) is 1. The van der Waals surface area contributed by atoms with Gasteiger partial charge in [-0.15, -0.1) is 0 Å². The van der Waals surface area contributed by atoms with E-state index in [2.05, 4.69) is 4.72 Å². The summed E-state index contributed by atoms with van der Waals surface area (Å²) in [5.41, 5.74) is 0. The predicted molar refractivity (Wildman–Crippen MR) is 79.8 cm³/mol. The summed E-state index contributed by atoms with van der Waals surface area (Å²) >= 11 is 11.8. The normalized spacial score (nSPS) is 15.5. The second-order valence-electron chi connectivity index (χ2n) is 4.82. The number of hydrogen-bond donors (Lipinski definition) is 1. The Labute approximate surface area is 129 Å². The molecule has 0 radical (unpaired) electrons. The lowest BCUT2D eigenvalue weighted by molar-refractivity contribution is 0.123. The van der Waals surface area contributed by atoms with Crippen molar-refractivity contribution in [1.82, 2.24) is 4.72 Å². The monoisotopic (exact) mass is 337 g/mol. The maximum absolute atomic E-state index is 12.1. The summed E-state index contributed by atoms with van der Waals surface area (Å²) in [7, 11) is -3.68. The molecule has 1 fully saturated rings. The van der Waals surface area contributed by atoms with Gasteiger partial charge in [-0.25, -0.2) is 13.1 Å². The Kier molecular flexibility index (Phi) is 5.69. The highest BCUT2D eigenvalue weighted by Crippen LogP contribution is 2.29. The minimum atomic E-state index is -3.68. The summed E-state index contributed by atoms with van der Waals surface area (Å²) in [5, 5.41) is 0.241. The van der Waals surface area contributed by atoms with E-state index in [1.54, 1.807) is 6.07 Å². The maximum Gasteiger partial charge on any atom is 0.243 e. The molecule has 1 aromatic rings. The minimum Gasteiger partial charge on any atom is -0.381 e. The fourth-order valence-corrected chi connectivity index (χ4v) is 3.94. The van der Waals surface area contributed by atoms with Crippen LogP contribution >= 0.6 is 23.2 Å². The molecule has 0 heterocycles. The molecule has 7 heteroatoms. The average Bonchev–Trinajstić information content (AvgIpc) is 3.17. The average molecular weight is 338 g/mol. The highest BCUT2D eigenvalue weighted by Gasteiger charge is 2.22. The summed E-state index contributed by atoms with van der Waals surface area (Å²) in [5.74, 6) is 0.716. The van der Waals surface area contributed by atoms with E-state index in [1.807, 2.05) is 0 Å². The standard InChI is InChI=1S/C13H17Cl2NO3S/c14-11-3-1-4-12(15)13(11)20(17,18)16-7-2-8-19-9-10-5-6-10/h1,3-4,10,16H,2,5-9H2.